The van der Waals surface area contributed by atoms with E-state index >= 15 is 0 Å². The number of rotatable bonds is 6. The van der Waals surface area contributed by atoms with Crippen LogP contribution < -0.4 is 9.54 Å². The summed E-state index contributed by atoms with van der Waals surface area (Å²) in [7, 11) is 1.34. The predicted octanol–water partition coefficient (Wildman–Crippen LogP) is 4.53. The molecule has 0 fully saturated rings. The van der Waals surface area contributed by atoms with Gasteiger partial charge in [-0.05, 0) is 61.7 Å². The van der Waals surface area contributed by atoms with Gasteiger partial charge < -0.3 is 14.0 Å². The molecule has 0 radical (unpaired) electrons. The van der Waals surface area contributed by atoms with Crippen molar-refractivity contribution in [2.24, 2.45) is 4.99 Å². The summed E-state index contributed by atoms with van der Waals surface area (Å²) < 4.78 is 13.1. The zero-order chi connectivity index (χ0) is 21.8. The molecular formula is C23H26N2O4S. The van der Waals surface area contributed by atoms with E-state index in [-0.39, 0.29) is 18.6 Å². The van der Waals surface area contributed by atoms with E-state index in [1.54, 1.807) is 28.8 Å². The first-order valence-electron chi connectivity index (χ1n) is 9.84. The molecule has 3 aromatic rings. The fourth-order valence-electron chi connectivity index (χ4n) is 2.98. The maximum Gasteiger partial charge on any atom is 0.325 e. The third-order valence-electron chi connectivity index (χ3n) is 4.56. The van der Waals surface area contributed by atoms with Gasteiger partial charge >= 0.3 is 5.97 Å². The van der Waals surface area contributed by atoms with Crippen LogP contribution >= 0.6 is 11.3 Å². The minimum atomic E-state index is -0.397. The van der Waals surface area contributed by atoms with Gasteiger partial charge in [0.15, 0.2) is 4.80 Å². The summed E-state index contributed by atoms with van der Waals surface area (Å²) in [6.45, 7) is 8.13. The highest BCUT2D eigenvalue weighted by atomic mass is 32.1. The van der Waals surface area contributed by atoms with Crippen LogP contribution in [0.3, 0.4) is 0 Å². The van der Waals surface area contributed by atoms with E-state index in [1.165, 1.54) is 24.0 Å². The first-order chi connectivity index (χ1) is 14.3. The van der Waals surface area contributed by atoms with Crippen LogP contribution in [-0.2, 0) is 16.1 Å². The van der Waals surface area contributed by atoms with Crippen molar-refractivity contribution >= 4 is 33.4 Å². The van der Waals surface area contributed by atoms with Gasteiger partial charge in [0.05, 0.1) is 23.4 Å². The van der Waals surface area contributed by atoms with E-state index in [9.17, 15) is 9.59 Å². The number of carbonyl (C=O) groups excluding carboxylic acids is 2. The van der Waals surface area contributed by atoms with Crippen molar-refractivity contribution in [2.45, 2.75) is 46.3 Å². The third-order valence-corrected chi connectivity index (χ3v) is 5.60. The fourth-order valence-corrected chi connectivity index (χ4v) is 4.06. The van der Waals surface area contributed by atoms with Crippen LogP contribution in [0, 0.1) is 0 Å². The Bertz CT molecular complexity index is 1120. The van der Waals surface area contributed by atoms with E-state index in [4.69, 9.17) is 9.47 Å². The van der Waals surface area contributed by atoms with Gasteiger partial charge in [0.25, 0.3) is 5.91 Å². The summed E-state index contributed by atoms with van der Waals surface area (Å²) in [5.74, 6) is 0.302. The second-order valence-electron chi connectivity index (χ2n) is 7.54. The van der Waals surface area contributed by atoms with E-state index in [2.05, 4.69) is 24.9 Å². The van der Waals surface area contributed by atoms with Crippen molar-refractivity contribution in [3.8, 4) is 5.75 Å². The van der Waals surface area contributed by atoms with Crippen LogP contribution in [0.15, 0.2) is 47.5 Å². The average Bonchev–Trinajstić information content (AvgIpc) is 3.04. The number of hydrogen-bond donors (Lipinski definition) is 0. The lowest BCUT2D eigenvalue weighted by Crippen LogP contribution is -2.22. The Labute approximate surface area is 179 Å². The molecule has 0 N–H and O–H groups in total. The SMILES string of the molecule is COC(=O)Cn1c(=NC(=O)c2ccc(OC(C)C)cc2)sc2cc(C(C)C)ccc21. The molecule has 1 aromatic heterocycles. The zero-order valence-electron chi connectivity index (χ0n) is 17.8. The number of fused-ring (bicyclic) bond motifs is 1. The number of carbonyl (C=O) groups is 2. The van der Waals surface area contributed by atoms with Crippen LogP contribution in [0.25, 0.3) is 10.2 Å². The molecule has 1 amide bonds. The molecule has 30 heavy (non-hydrogen) atoms. The monoisotopic (exact) mass is 426 g/mol. The Morgan fingerprint density at radius 3 is 2.37 bits per heavy atom. The molecule has 0 saturated carbocycles. The van der Waals surface area contributed by atoms with E-state index < -0.39 is 5.97 Å². The number of aromatic nitrogens is 1. The summed E-state index contributed by atoms with van der Waals surface area (Å²) in [6.07, 6.45) is 0.0581. The van der Waals surface area contributed by atoms with Gasteiger partial charge in [-0.25, -0.2) is 0 Å². The van der Waals surface area contributed by atoms with Gasteiger partial charge in [-0.15, -0.1) is 0 Å². The molecule has 0 unspecified atom stereocenters. The van der Waals surface area contributed by atoms with Gasteiger partial charge in [0, 0.05) is 5.56 Å². The van der Waals surface area contributed by atoms with Crippen LogP contribution in [0.2, 0.25) is 0 Å². The lowest BCUT2D eigenvalue weighted by atomic mass is 10.0. The van der Waals surface area contributed by atoms with Gasteiger partial charge in [0.2, 0.25) is 0 Å². The first-order valence-corrected chi connectivity index (χ1v) is 10.7. The van der Waals surface area contributed by atoms with Crippen LogP contribution in [-0.4, -0.2) is 29.7 Å². The number of esters is 1. The second kappa shape index (κ2) is 9.26. The zero-order valence-corrected chi connectivity index (χ0v) is 18.7. The summed E-state index contributed by atoms with van der Waals surface area (Å²) in [6, 6.07) is 13.0. The first kappa shape index (κ1) is 21.8. The highest BCUT2D eigenvalue weighted by Gasteiger charge is 2.14. The Kier molecular flexibility index (Phi) is 6.72. The number of ether oxygens (including phenoxy) is 2. The predicted molar refractivity (Wildman–Crippen MR) is 118 cm³/mol. The molecule has 0 aliphatic heterocycles. The molecule has 0 aliphatic carbocycles. The van der Waals surface area contributed by atoms with E-state index in [0.717, 1.165) is 10.2 Å². The van der Waals surface area contributed by atoms with Crippen molar-refractivity contribution < 1.29 is 19.1 Å². The second-order valence-corrected chi connectivity index (χ2v) is 8.55. The maximum atomic E-state index is 12.8. The number of nitrogens with zero attached hydrogens (tertiary/aromatic N) is 2. The lowest BCUT2D eigenvalue weighted by Gasteiger charge is -2.09. The largest absolute Gasteiger partial charge is 0.491 e. The van der Waals surface area contributed by atoms with Gasteiger partial charge in [-0.3, -0.25) is 9.59 Å². The smallest absolute Gasteiger partial charge is 0.325 e. The van der Waals surface area contributed by atoms with Crippen LogP contribution in [0.5, 0.6) is 5.75 Å². The number of hydrogen-bond acceptors (Lipinski definition) is 5. The highest BCUT2D eigenvalue weighted by Crippen LogP contribution is 2.24. The summed E-state index contributed by atoms with van der Waals surface area (Å²) in [5, 5.41) is 0. The fraction of sp³-hybridized carbons (Fsp3) is 0.348. The summed E-state index contributed by atoms with van der Waals surface area (Å²) in [4.78, 5) is 29.5. The molecule has 0 bridgehead atoms. The number of methoxy groups -OCH3 is 1. The summed E-state index contributed by atoms with van der Waals surface area (Å²) >= 11 is 1.39. The molecular weight excluding hydrogens is 400 g/mol. The molecule has 3 rings (SSSR count). The van der Waals surface area contributed by atoms with Crippen molar-refractivity contribution in [3.63, 3.8) is 0 Å². The molecule has 0 spiro atoms. The maximum absolute atomic E-state index is 12.8. The highest BCUT2D eigenvalue weighted by molar-refractivity contribution is 7.16. The quantitative estimate of drug-likeness (QED) is 0.543. The van der Waals surface area contributed by atoms with Crippen molar-refractivity contribution in [3.05, 3.63) is 58.4 Å². The lowest BCUT2D eigenvalue weighted by molar-refractivity contribution is -0.141. The van der Waals surface area contributed by atoms with Crippen molar-refractivity contribution in [1.29, 1.82) is 0 Å². The number of benzene rings is 2. The molecule has 158 valence electrons. The minimum Gasteiger partial charge on any atom is -0.491 e. The minimum absolute atomic E-state index is 0.00912. The van der Waals surface area contributed by atoms with E-state index in [0.29, 0.717) is 22.0 Å². The standard InChI is InChI=1S/C23H26N2O4S/c1-14(2)17-8-11-19-20(12-17)30-23(25(19)13-21(26)28-5)24-22(27)16-6-9-18(10-7-16)29-15(3)4/h6-12,14-15H,13H2,1-5H3. The molecule has 0 saturated heterocycles. The van der Waals surface area contributed by atoms with E-state index in [1.807, 2.05) is 26.0 Å². The Balaban J connectivity index is 2.03. The molecule has 7 heteroatoms. The van der Waals surface area contributed by atoms with Crippen molar-refractivity contribution in [1.82, 2.24) is 4.57 Å². The number of thiazole rings is 1. The summed E-state index contributed by atoms with van der Waals surface area (Å²) in [5.41, 5.74) is 2.49. The average molecular weight is 427 g/mol. The van der Waals surface area contributed by atoms with Crippen molar-refractivity contribution in [2.75, 3.05) is 7.11 Å². The van der Waals surface area contributed by atoms with Crippen LogP contribution in [0.4, 0.5) is 0 Å². The molecule has 6 nitrogen and oxygen atoms in total. The molecule has 0 atom stereocenters. The molecule has 0 aliphatic rings. The normalized spacial score (nSPS) is 12.0. The number of amides is 1. The third kappa shape index (κ3) is 4.97. The Morgan fingerprint density at radius 1 is 1.07 bits per heavy atom. The van der Waals surface area contributed by atoms with Gasteiger partial charge in [-0.1, -0.05) is 31.3 Å². The molecule has 1 heterocycles. The van der Waals surface area contributed by atoms with Crippen LogP contribution in [0.1, 0.15) is 49.5 Å². The van der Waals surface area contributed by atoms with Gasteiger partial charge in [0.1, 0.15) is 12.3 Å². The Hall–Kier alpha value is -2.93. The van der Waals surface area contributed by atoms with Gasteiger partial charge in [-0.2, -0.15) is 4.99 Å². The molecule has 2 aromatic carbocycles. The Morgan fingerprint density at radius 2 is 1.77 bits per heavy atom. The topological polar surface area (TPSA) is 69.9 Å².